The summed E-state index contributed by atoms with van der Waals surface area (Å²) in [6, 6.07) is 12.0. The van der Waals surface area contributed by atoms with Gasteiger partial charge < -0.3 is 24.8 Å². The molecule has 1 aromatic heterocycles. The summed E-state index contributed by atoms with van der Waals surface area (Å²) >= 11 is 0. The maximum absolute atomic E-state index is 5.51. The van der Waals surface area contributed by atoms with Crippen molar-refractivity contribution in [2.75, 3.05) is 41.0 Å². The van der Waals surface area contributed by atoms with Crippen LogP contribution in [-0.4, -0.2) is 50.9 Å². The fraction of sp³-hybridized carbons (Fsp3) is 0.364. The molecule has 0 spiro atoms. The third-order valence-electron chi connectivity index (χ3n) is 5.14. The zero-order valence-electron chi connectivity index (χ0n) is 17.0. The predicted molar refractivity (Wildman–Crippen MR) is 112 cm³/mol. The Hall–Kier alpha value is -2.90. The van der Waals surface area contributed by atoms with Crippen molar-refractivity contribution in [1.29, 1.82) is 0 Å². The first-order valence-electron chi connectivity index (χ1n) is 9.72. The third kappa shape index (κ3) is 3.97. The van der Waals surface area contributed by atoms with Crippen molar-refractivity contribution in [3.05, 3.63) is 53.3 Å². The van der Waals surface area contributed by atoms with Gasteiger partial charge in [-0.05, 0) is 29.8 Å². The van der Waals surface area contributed by atoms with Crippen molar-refractivity contribution in [1.82, 2.24) is 20.6 Å². The maximum Gasteiger partial charge on any atom is 0.203 e. The van der Waals surface area contributed by atoms with E-state index >= 15 is 0 Å². The van der Waals surface area contributed by atoms with Gasteiger partial charge in [0.15, 0.2) is 11.5 Å². The first kappa shape index (κ1) is 19.4. The molecule has 0 saturated carbocycles. The molecule has 1 unspecified atom stereocenters. The molecule has 0 bridgehead atoms. The number of para-hydroxylation sites is 2. The van der Waals surface area contributed by atoms with Gasteiger partial charge in [0.05, 0.1) is 49.8 Å². The van der Waals surface area contributed by atoms with Crippen LogP contribution < -0.4 is 24.8 Å². The van der Waals surface area contributed by atoms with E-state index in [0.29, 0.717) is 23.7 Å². The Labute approximate surface area is 170 Å². The highest BCUT2D eigenvalue weighted by Crippen LogP contribution is 2.39. The molecule has 0 amide bonds. The molecule has 4 rings (SSSR count). The van der Waals surface area contributed by atoms with Gasteiger partial charge >= 0.3 is 0 Å². The average molecular weight is 394 g/mol. The summed E-state index contributed by atoms with van der Waals surface area (Å²) in [6.45, 7) is 2.69. The van der Waals surface area contributed by atoms with E-state index in [9.17, 15) is 0 Å². The number of aromatic nitrogens is 2. The third-order valence-corrected chi connectivity index (χ3v) is 5.14. The molecule has 29 heavy (non-hydrogen) atoms. The minimum atomic E-state index is 0.123. The standard InChI is InChI=1S/C22H26N4O3/c1-27-19-11-14(12-20(28-2)22(19)29-3)10-17-21(18-13-23-8-9-24-18)26-16-7-5-4-6-15(16)25-17/h4-7,11-12,18,23-24H,8-10,13H2,1-3H3. The number of nitrogens with zero attached hydrogens (tertiary/aromatic N) is 2. The summed E-state index contributed by atoms with van der Waals surface area (Å²) in [5.41, 5.74) is 4.74. The molecular weight excluding hydrogens is 368 g/mol. The van der Waals surface area contributed by atoms with Crippen LogP contribution in [0.1, 0.15) is 23.0 Å². The molecule has 0 radical (unpaired) electrons. The van der Waals surface area contributed by atoms with Gasteiger partial charge in [-0.25, -0.2) is 9.97 Å². The molecular formula is C22H26N4O3. The van der Waals surface area contributed by atoms with Crippen LogP contribution in [0, 0.1) is 0 Å². The van der Waals surface area contributed by atoms with Crippen LogP contribution in [0.15, 0.2) is 36.4 Å². The molecule has 1 aliphatic heterocycles. The van der Waals surface area contributed by atoms with Crippen molar-refractivity contribution >= 4 is 11.0 Å². The molecule has 1 aliphatic rings. The van der Waals surface area contributed by atoms with Crippen LogP contribution in [-0.2, 0) is 6.42 Å². The molecule has 7 heteroatoms. The number of hydrogen-bond acceptors (Lipinski definition) is 7. The van der Waals surface area contributed by atoms with Gasteiger partial charge in [-0.3, -0.25) is 0 Å². The molecule has 2 heterocycles. The van der Waals surface area contributed by atoms with Crippen LogP contribution in [0.3, 0.4) is 0 Å². The van der Waals surface area contributed by atoms with E-state index in [2.05, 4.69) is 10.6 Å². The van der Waals surface area contributed by atoms with E-state index in [1.807, 2.05) is 36.4 Å². The monoisotopic (exact) mass is 394 g/mol. The Morgan fingerprint density at radius 2 is 1.62 bits per heavy atom. The van der Waals surface area contributed by atoms with Crippen molar-refractivity contribution in [2.45, 2.75) is 12.5 Å². The van der Waals surface area contributed by atoms with E-state index in [-0.39, 0.29) is 6.04 Å². The first-order valence-corrected chi connectivity index (χ1v) is 9.72. The number of methoxy groups -OCH3 is 3. The maximum atomic E-state index is 5.51. The molecule has 2 N–H and O–H groups in total. The summed E-state index contributed by atoms with van der Waals surface area (Å²) in [5, 5.41) is 6.99. The Kier molecular flexibility index (Phi) is 5.78. The molecule has 2 aromatic carbocycles. The normalized spacial score (nSPS) is 16.6. The van der Waals surface area contributed by atoms with Crippen molar-refractivity contribution in [2.24, 2.45) is 0 Å². The van der Waals surface area contributed by atoms with Crippen LogP contribution in [0.25, 0.3) is 11.0 Å². The minimum Gasteiger partial charge on any atom is -0.493 e. The molecule has 1 atom stereocenters. The highest BCUT2D eigenvalue weighted by atomic mass is 16.5. The number of fused-ring (bicyclic) bond motifs is 1. The van der Waals surface area contributed by atoms with Crippen LogP contribution in [0.4, 0.5) is 0 Å². The highest BCUT2D eigenvalue weighted by Gasteiger charge is 2.22. The van der Waals surface area contributed by atoms with Crippen LogP contribution >= 0.6 is 0 Å². The number of rotatable bonds is 6. The lowest BCUT2D eigenvalue weighted by atomic mass is 10.0. The Morgan fingerprint density at radius 1 is 0.931 bits per heavy atom. The Morgan fingerprint density at radius 3 is 2.21 bits per heavy atom. The molecule has 7 nitrogen and oxygen atoms in total. The van der Waals surface area contributed by atoms with E-state index in [1.54, 1.807) is 21.3 Å². The SMILES string of the molecule is COc1cc(Cc2nc3ccccc3nc2C2CNCCN2)cc(OC)c1OC. The number of nitrogens with one attached hydrogen (secondary N) is 2. The molecule has 1 saturated heterocycles. The van der Waals surface area contributed by atoms with Crippen LogP contribution in [0.2, 0.25) is 0 Å². The van der Waals surface area contributed by atoms with Crippen molar-refractivity contribution in [3.8, 4) is 17.2 Å². The Bertz CT molecular complexity index is 978. The lowest BCUT2D eigenvalue weighted by molar-refractivity contribution is 0.324. The number of benzene rings is 2. The number of piperazine rings is 1. The Balaban J connectivity index is 1.78. The summed E-state index contributed by atoms with van der Waals surface area (Å²) < 4.78 is 16.5. The lowest BCUT2D eigenvalue weighted by Gasteiger charge is -2.26. The number of ether oxygens (including phenoxy) is 3. The quantitative estimate of drug-likeness (QED) is 0.665. The summed E-state index contributed by atoms with van der Waals surface area (Å²) in [5.74, 6) is 1.85. The smallest absolute Gasteiger partial charge is 0.203 e. The second-order valence-corrected chi connectivity index (χ2v) is 6.97. The predicted octanol–water partition coefficient (Wildman–Crippen LogP) is 2.48. The first-order chi connectivity index (χ1) is 14.2. The molecule has 0 aliphatic carbocycles. The second kappa shape index (κ2) is 8.63. The second-order valence-electron chi connectivity index (χ2n) is 6.97. The summed E-state index contributed by atoms with van der Waals surface area (Å²) in [4.78, 5) is 9.92. The van der Waals surface area contributed by atoms with Gasteiger partial charge in [-0.2, -0.15) is 0 Å². The van der Waals surface area contributed by atoms with Gasteiger partial charge in [0.1, 0.15) is 0 Å². The van der Waals surface area contributed by atoms with E-state index in [0.717, 1.165) is 47.6 Å². The minimum absolute atomic E-state index is 0.123. The zero-order valence-corrected chi connectivity index (χ0v) is 17.0. The summed E-state index contributed by atoms with van der Waals surface area (Å²) in [6.07, 6.45) is 0.613. The van der Waals surface area contributed by atoms with Crippen molar-refractivity contribution in [3.63, 3.8) is 0 Å². The van der Waals surface area contributed by atoms with Crippen molar-refractivity contribution < 1.29 is 14.2 Å². The fourth-order valence-corrected chi connectivity index (χ4v) is 3.74. The van der Waals surface area contributed by atoms with E-state index in [4.69, 9.17) is 24.2 Å². The van der Waals surface area contributed by atoms with Gasteiger partial charge in [-0.15, -0.1) is 0 Å². The van der Waals surface area contributed by atoms with E-state index in [1.165, 1.54) is 0 Å². The summed E-state index contributed by atoms with van der Waals surface area (Å²) in [7, 11) is 4.86. The molecule has 1 fully saturated rings. The van der Waals surface area contributed by atoms with Gasteiger partial charge in [-0.1, -0.05) is 12.1 Å². The van der Waals surface area contributed by atoms with Gasteiger partial charge in [0, 0.05) is 26.1 Å². The lowest BCUT2D eigenvalue weighted by Crippen LogP contribution is -2.43. The van der Waals surface area contributed by atoms with Crippen LogP contribution in [0.5, 0.6) is 17.2 Å². The molecule has 152 valence electrons. The highest BCUT2D eigenvalue weighted by molar-refractivity contribution is 5.74. The number of hydrogen-bond donors (Lipinski definition) is 2. The average Bonchev–Trinajstić information content (AvgIpc) is 2.78. The largest absolute Gasteiger partial charge is 0.493 e. The van der Waals surface area contributed by atoms with Gasteiger partial charge in [0.25, 0.3) is 0 Å². The topological polar surface area (TPSA) is 77.5 Å². The van der Waals surface area contributed by atoms with E-state index < -0.39 is 0 Å². The zero-order chi connectivity index (χ0) is 20.2. The van der Waals surface area contributed by atoms with Gasteiger partial charge in [0.2, 0.25) is 5.75 Å². The molecule has 3 aromatic rings. The fourth-order valence-electron chi connectivity index (χ4n) is 3.74.